The van der Waals surface area contributed by atoms with E-state index in [1.54, 1.807) is 0 Å². The van der Waals surface area contributed by atoms with Crippen LogP contribution in [0.4, 0.5) is 0 Å². The lowest BCUT2D eigenvalue weighted by Crippen LogP contribution is -2.12. The summed E-state index contributed by atoms with van der Waals surface area (Å²) in [5.74, 6) is -0.920. The largest absolute Gasteiger partial charge is 0.481 e. The van der Waals surface area contributed by atoms with Gasteiger partial charge in [-0.25, -0.2) is 0 Å². The first kappa shape index (κ1) is 15.2. The van der Waals surface area contributed by atoms with E-state index in [1.165, 1.54) is 25.7 Å². The van der Waals surface area contributed by atoms with E-state index in [0.717, 1.165) is 19.3 Å². The molecule has 0 aliphatic rings. The smallest absolute Gasteiger partial charge is 0.305 e. The SMILES string of the molecule is C=CCCCCCCCCC(O)CC(=O)O. The molecular weight excluding hydrogens is 204 g/mol. The Morgan fingerprint density at radius 3 is 2.25 bits per heavy atom. The van der Waals surface area contributed by atoms with Crippen LogP contribution in [0.15, 0.2) is 12.7 Å². The molecule has 0 aromatic rings. The second kappa shape index (κ2) is 10.7. The van der Waals surface area contributed by atoms with Crippen LogP contribution in [-0.2, 0) is 4.79 Å². The Kier molecular flexibility index (Phi) is 10.1. The number of carbonyl (C=O) groups is 1. The first-order valence-corrected chi connectivity index (χ1v) is 6.17. The van der Waals surface area contributed by atoms with E-state index >= 15 is 0 Å². The van der Waals surface area contributed by atoms with Gasteiger partial charge in [0.25, 0.3) is 0 Å². The van der Waals surface area contributed by atoms with Gasteiger partial charge in [-0.05, 0) is 19.3 Å². The van der Waals surface area contributed by atoms with Crippen LogP contribution in [0.2, 0.25) is 0 Å². The number of rotatable bonds is 11. The van der Waals surface area contributed by atoms with E-state index in [1.807, 2.05) is 6.08 Å². The Bertz CT molecular complexity index is 190. The highest BCUT2D eigenvalue weighted by Gasteiger charge is 2.08. The third-order valence-electron chi connectivity index (χ3n) is 2.61. The van der Waals surface area contributed by atoms with Crippen LogP contribution in [-0.4, -0.2) is 22.3 Å². The average molecular weight is 228 g/mol. The first-order chi connectivity index (χ1) is 7.66. The molecule has 0 fully saturated rings. The zero-order valence-corrected chi connectivity index (χ0v) is 10.0. The van der Waals surface area contributed by atoms with Gasteiger partial charge in [-0.3, -0.25) is 4.79 Å². The summed E-state index contributed by atoms with van der Waals surface area (Å²) in [5.41, 5.74) is 0. The van der Waals surface area contributed by atoms with Gasteiger partial charge in [0.15, 0.2) is 0 Å². The normalized spacial score (nSPS) is 12.3. The maximum absolute atomic E-state index is 10.3. The molecule has 1 unspecified atom stereocenters. The molecule has 0 radical (unpaired) electrons. The predicted octanol–water partition coefficient (Wildman–Crippen LogP) is 3.13. The molecule has 0 rings (SSSR count). The van der Waals surface area contributed by atoms with E-state index in [4.69, 9.17) is 5.11 Å². The maximum Gasteiger partial charge on any atom is 0.305 e. The maximum atomic E-state index is 10.3. The first-order valence-electron chi connectivity index (χ1n) is 6.17. The van der Waals surface area contributed by atoms with E-state index in [9.17, 15) is 9.90 Å². The highest BCUT2D eigenvalue weighted by molar-refractivity contribution is 5.67. The molecule has 0 saturated carbocycles. The minimum atomic E-state index is -0.920. The lowest BCUT2D eigenvalue weighted by atomic mass is 10.0. The summed E-state index contributed by atoms with van der Waals surface area (Å²) in [6.07, 6.45) is 9.73. The molecule has 0 aliphatic heterocycles. The quantitative estimate of drug-likeness (QED) is 0.422. The Labute approximate surface area is 98.2 Å². The van der Waals surface area contributed by atoms with Crippen molar-refractivity contribution >= 4 is 5.97 Å². The van der Waals surface area contributed by atoms with Crippen molar-refractivity contribution in [2.24, 2.45) is 0 Å². The second-order valence-corrected chi connectivity index (χ2v) is 4.24. The molecule has 0 aromatic carbocycles. The molecule has 0 aromatic heterocycles. The van der Waals surface area contributed by atoms with Crippen molar-refractivity contribution in [3.05, 3.63) is 12.7 Å². The average Bonchev–Trinajstić information content (AvgIpc) is 2.21. The zero-order valence-electron chi connectivity index (χ0n) is 10.0. The lowest BCUT2D eigenvalue weighted by Gasteiger charge is -2.07. The van der Waals surface area contributed by atoms with Gasteiger partial charge in [0.2, 0.25) is 0 Å². The van der Waals surface area contributed by atoms with Gasteiger partial charge in [0, 0.05) is 0 Å². The lowest BCUT2D eigenvalue weighted by molar-refractivity contribution is -0.139. The fourth-order valence-electron chi connectivity index (χ4n) is 1.68. The van der Waals surface area contributed by atoms with Crippen molar-refractivity contribution in [2.75, 3.05) is 0 Å². The van der Waals surface area contributed by atoms with E-state index in [0.29, 0.717) is 6.42 Å². The molecule has 94 valence electrons. The Morgan fingerprint density at radius 2 is 1.69 bits per heavy atom. The zero-order chi connectivity index (χ0) is 12.2. The second-order valence-electron chi connectivity index (χ2n) is 4.24. The van der Waals surface area contributed by atoms with Crippen LogP contribution in [0, 0.1) is 0 Å². The van der Waals surface area contributed by atoms with Crippen molar-refractivity contribution in [1.82, 2.24) is 0 Å². The number of hydrogen-bond donors (Lipinski definition) is 2. The van der Waals surface area contributed by atoms with E-state index in [-0.39, 0.29) is 6.42 Å². The number of allylic oxidation sites excluding steroid dienone is 1. The Morgan fingerprint density at radius 1 is 1.12 bits per heavy atom. The van der Waals surface area contributed by atoms with Crippen molar-refractivity contribution in [1.29, 1.82) is 0 Å². The summed E-state index contributed by atoms with van der Waals surface area (Å²) in [7, 11) is 0. The minimum absolute atomic E-state index is 0.126. The summed E-state index contributed by atoms with van der Waals surface area (Å²) < 4.78 is 0. The molecular formula is C13H24O3. The third kappa shape index (κ3) is 11.2. The number of aliphatic hydroxyl groups is 1. The molecule has 0 amide bonds. The molecule has 16 heavy (non-hydrogen) atoms. The topological polar surface area (TPSA) is 57.5 Å². The van der Waals surface area contributed by atoms with Crippen LogP contribution in [0.1, 0.15) is 57.8 Å². The van der Waals surface area contributed by atoms with Gasteiger partial charge in [-0.2, -0.15) is 0 Å². The molecule has 0 spiro atoms. The van der Waals surface area contributed by atoms with Crippen LogP contribution in [0.3, 0.4) is 0 Å². The van der Waals surface area contributed by atoms with E-state index < -0.39 is 12.1 Å². The van der Waals surface area contributed by atoms with Gasteiger partial charge < -0.3 is 10.2 Å². The number of aliphatic carboxylic acids is 1. The molecule has 0 bridgehead atoms. The monoisotopic (exact) mass is 228 g/mol. The van der Waals surface area contributed by atoms with Crippen molar-refractivity contribution in [2.45, 2.75) is 63.9 Å². The van der Waals surface area contributed by atoms with Crippen molar-refractivity contribution in [3.63, 3.8) is 0 Å². The summed E-state index contributed by atoms with van der Waals surface area (Å²) >= 11 is 0. The predicted molar refractivity (Wildman–Crippen MR) is 65.4 cm³/mol. The van der Waals surface area contributed by atoms with Gasteiger partial charge >= 0.3 is 5.97 Å². The molecule has 2 N–H and O–H groups in total. The summed E-state index contributed by atoms with van der Waals surface area (Å²) in [6.45, 7) is 3.68. The van der Waals surface area contributed by atoms with Crippen LogP contribution in [0.25, 0.3) is 0 Å². The number of aliphatic hydroxyl groups excluding tert-OH is 1. The van der Waals surface area contributed by atoms with Crippen LogP contribution < -0.4 is 0 Å². The standard InChI is InChI=1S/C13H24O3/c1-2-3-4-5-6-7-8-9-10-12(14)11-13(15)16/h2,12,14H,1,3-11H2,(H,15,16). The fourth-order valence-corrected chi connectivity index (χ4v) is 1.68. The van der Waals surface area contributed by atoms with Gasteiger partial charge in [-0.1, -0.05) is 38.2 Å². The summed E-state index contributed by atoms with van der Waals surface area (Å²) in [4.78, 5) is 10.3. The number of hydrogen-bond acceptors (Lipinski definition) is 2. The minimum Gasteiger partial charge on any atom is -0.481 e. The van der Waals surface area contributed by atoms with Crippen LogP contribution in [0.5, 0.6) is 0 Å². The van der Waals surface area contributed by atoms with Crippen molar-refractivity contribution < 1.29 is 15.0 Å². The van der Waals surface area contributed by atoms with E-state index in [2.05, 4.69) is 6.58 Å². The number of carboxylic acid groups (broad SMARTS) is 1. The number of unbranched alkanes of at least 4 members (excludes halogenated alkanes) is 6. The molecule has 0 heterocycles. The molecule has 0 aliphatic carbocycles. The van der Waals surface area contributed by atoms with Gasteiger partial charge in [0.05, 0.1) is 12.5 Å². The Hall–Kier alpha value is -0.830. The van der Waals surface area contributed by atoms with Crippen molar-refractivity contribution in [3.8, 4) is 0 Å². The highest BCUT2D eigenvalue weighted by atomic mass is 16.4. The fraction of sp³-hybridized carbons (Fsp3) is 0.769. The molecule has 3 heteroatoms. The number of carboxylic acids is 1. The highest BCUT2D eigenvalue weighted by Crippen LogP contribution is 2.11. The Balaban J connectivity index is 3.14. The summed E-state index contributed by atoms with van der Waals surface area (Å²) in [5, 5.41) is 17.7. The third-order valence-corrected chi connectivity index (χ3v) is 2.61. The van der Waals surface area contributed by atoms with Crippen LogP contribution >= 0.6 is 0 Å². The van der Waals surface area contributed by atoms with Gasteiger partial charge in [-0.15, -0.1) is 6.58 Å². The molecule has 0 saturated heterocycles. The van der Waals surface area contributed by atoms with Gasteiger partial charge in [0.1, 0.15) is 0 Å². The summed E-state index contributed by atoms with van der Waals surface area (Å²) in [6, 6.07) is 0. The molecule has 3 nitrogen and oxygen atoms in total. The molecule has 1 atom stereocenters.